The molecule has 2 rings (SSSR count). The highest BCUT2D eigenvalue weighted by atomic mass is 16.9. The maximum atomic E-state index is 11.1. The molecule has 5 heteroatoms. The summed E-state index contributed by atoms with van der Waals surface area (Å²) in [5.41, 5.74) is 0.679. The van der Waals surface area contributed by atoms with Gasteiger partial charge in [-0.05, 0) is 6.42 Å². The average Bonchev–Trinajstić information content (AvgIpc) is 2.85. The van der Waals surface area contributed by atoms with Crippen LogP contribution in [0, 0.1) is 0 Å². The van der Waals surface area contributed by atoms with Crippen LogP contribution in [0.4, 0.5) is 0 Å². The second kappa shape index (κ2) is 6.06. The molecule has 1 fully saturated rings. The molecule has 5 nitrogen and oxygen atoms in total. The summed E-state index contributed by atoms with van der Waals surface area (Å²) >= 11 is 0. The third-order valence-electron chi connectivity index (χ3n) is 3.06. The third-order valence-corrected chi connectivity index (χ3v) is 3.06. The molecule has 0 amide bonds. The van der Waals surface area contributed by atoms with Gasteiger partial charge < -0.3 is 23.8 Å². The topological polar surface area (TPSA) is 61.8 Å². The van der Waals surface area contributed by atoms with E-state index in [2.05, 4.69) is 0 Å². The fourth-order valence-corrected chi connectivity index (χ4v) is 2.11. The zero-order valence-corrected chi connectivity index (χ0v) is 10.7. The maximum absolute atomic E-state index is 11.1. The minimum absolute atomic E-state index is 0.312. The first-order chi connectivity index (χ1) is 9.25. The van der Waals surface area contributed by atoms with Gasteiger partial charge in [-0.25, -0.2) is 0 Å². The van der Waals surface area contributed by atoms with E-state index in [1.54, 1.807) is 12.1 Å². The lowest BCUT2D eigenvalue weighted by molar-refractivity contribution is -0.341. The normalized spacial score (nSPS) is 30.2. The fourth-order valence-electron chi connectivity index (χ4n) is 2.11. The van der Waals surface area contributed by atoms with Crippen molar-refractivity contribution in [3.05, 3.63) is 35.9 Å². The van der Waals surface area contributed by atoms with E-state index in [1.807, 2.05) is 18.2 Å². The monoisotopic (exact) mass is 264 g/mol. The molecule has 0 spiro atoms. The number of rotatable bonds is 6. The molecule has 0 bridgehead atoms. The number of ether oxygens (including phenoxy) is 3. The fraction of sp³-hybridized carbons (Fsp3) is 0.429. The minimum atomic E-state index is -1.37. The van der Waals surface area contributed by atoms with E-state index in [4.69, 9.17) is 14.2 Å². The standard InChI is InChI=1S/C14H16O5/c1-17-14(11-6-3-2-4-7-11)18-12(8-5-9-15)13(10-16)19-14/h2-4,6-7,9-10,12-13H,5,8H2,1H3. The van der Waals surface area contributed by atoms with Gasteiger partial charge in [-0.15, -0.1) is 0 Å². The first kappa shape index (κ1) is 13.9. The Bertz CT molecular complexity index is 433. The predicted octanol–water partition coefficient (Wildman–Crippen LogP) is 1.41. The molecule has 102 valence electrons. The summed E-state index contributed by atoms with van der Waals surface area (Å²) in [7, 11) is 1.46. The van der Waals surface area contributed by atoms with Crippen LogP contribution in [0.5, 0.6) is 0 Å². The second-order valence-corrected chi connectivity index (χ2v) is 4.25. The van der Waals surface area contributed by atoms with Crippen LogP contribution in [0.15, 0.2) is 30.3 Å². The minimum Gasteiger partial charge on any atom is -0.327 e. The van der Waals surface area contributed by atoms with Crippen LogP contribution in [0.2, 0.25) is 0 Å². The molecule has 1 aromatic rings. The summed E-state index contributed by atoms with van der Waals surface area (Å²) < 4.78 is 16.7. The molecule has 0 aliphatic carbocycles. The molecule has 19 heavy (non-hydrogen) atoms. The van der Waals surface area contributed by atoms with Gasteiger partial charge in [0.2, 0.25) is 0 Å². The Kier molecular flexibility index (Phi) is 4.42. The number of aldehydes is 2. The molecule has 0 radical (unpaired) electrons. The summed E-state index contributed by atoms with van der Waals surface area (Å²) in [5, 5.41) is 0. The maximum Gasteiger partial charge on any atom is 0.312 e. The van der Waals surface area contributed by atoms with Crippen molar-refractivity contribution in [1.82, 2.24) is 0 Å². The van der Waals surface area contributed by atoms with Gasteiger partial charge in [0.15, 0.2) is 6.29 Å². The SMILES string of the molecule is COC1(c2ccccc2)OC(C=O)C(CCC=O)O1. The molecule has 0 saturated carbocycles. The van der Waals surface area contributed by atoms with Crippen molar-refractivity contribution in [1.29, 1.82) is 0 Å². The number of carbonyl (C=O) groups excluding carboxylic acids is 2. The van der Waals surface area contributed by atoms with Crippen molar-refractivity contribution < 1.29 is 23.8 Å². The van der Waals surface area contributed by atoms with Crippen LogP contribution in [-0.2, 0) is 29.8 Å². The lowest BCUT2D eigenvalue weighted by Gasteiger charge is -2.26. The molecule has 3 atom stereocenters. The van der Waals surface area contributed by atoms with Gasteiger partial charge in [0.25, 0.3) is 0 Å². The Hall–Kier alpha value is -1.56. The zero-order chi connectivity index (χ0) is 13.7. The van der Waals surface area contributed by atoms with Crippen molar-refractivity contribution >= 4 is 12.6 Å². The summed E-state index contributed by atoms with van der Waals surface area (Å²) in [6.45, 7) is 0. The number of hydrogen-bond acceptors (Lipinski definition) is 5. The van der Waals surface area contributed by atoms with Gasteiger partial charge >= 0.3 is 5.97 Å². The Morgan fingerprint density at radius 3 is 2.58 bits per heavy atom. The largest absolute Gasteiger partial charge is 0.327 e. The Morgan fingerprint density at radius 1 is 1.26 bits per heavy atom. The number of hydrogen-bond donors (Lipinski definition) is 0. The van der Waals surface area contributed by atoms with E-state index in [-0.39, 0.29) is 0 Å². The van der Waals surface area contributed by atoms with Gasteiger partial charge in [0.1, 0.15) is 12.4 Å². The van der Waals surface area contributed by atoms with E-state index in [0.717, 1.165) is 6.29 Å². The second-order valence-electron chi connectivity index (χ2n) is 4.25. The molecule has 1 heterocycles. The highest BCUT2D eigenvalue weighted by molar-refractivity contribution is 5.58. The third kappa shape index (κ3) is 2.73. The van der Waals surface area contributed by atoms with Crippen molar-refractivity contribution in [2.45, 2.75) is 31.0 Å². The van der Waals surface area contributed by atoms with Crippen LogP contribution >= 0.6 is 0 Å². The van der Waals surface area contributed by atoms with Crippen molar-refractivity contribution in [3.63, 3.8) is 0 Å². The smallest absolute Gasteiger partial charge is 0.312 e. The van der Waals surface area contributed by atoms with Crippen molar-refractivity contribution in [2.24, 2.45) is 0 Å². The number of carbonyl (C=O) groups is 2. The molecule has 0 N–H and O–H groups in total. The van der Waals surface area contributed by atoms with E-state index in [0.29, 0.717) is 24.7 Å². The Morgan fingerprint density at radius 2 is 2.00 bits per heavy atom. The molecule has 0 aromatic heterocycles. The van der Waals surface area contributed by atoms with Crippen LogP contribution in [0.1, 0.15) is 18.4 Å². The molecule has 1 saturated heterocycles. The summed E-state index contributed by atoms with van der Waals surface area (Å²) in [6, 6.07) is 9.12. The van der Waals surface area contributed by atoms with Crippen LogP contribution in [-0.4, -0.2) is 31.9 Å². The van der Waals surface area contributed by atoms with Crippen LogP contribution in [0.3, 0.4) is 0 Å². The molecule has 1 aliphatic heterocycles. The van der Waals surface area contributed by atoms with Crippen LogP contribution in [0.25, 0.3) is 0 Å². The molecular formula is C14H16O5. The van der Waals surface area contributed by atoms with Gasteiger partial charge in [-0.2, -0.15) is 0 Å². The first-order valence-corrected chi connectivity index (χ1v) is 6.11. The highest BCUT2D eigenvalue weighted by Crippen LogP contribution is 2.38. The van der Waals surface area contributed by atoms with Crippen LogP contribution < -0.4 is 0 Å². The van der Waals surface area contributed by atoms with Gasteiger partial charge in [0, 0.05) is 19.1 Å². The first-order valence-electron chi connectivity index (χ1n) is 6.11. The average molecular weight is 264 g/mol. The Labute approximate surface area is 111 Å². The summed E-state index contributed by atoms with van der Waals surface area (Å²) in [4.78, 5) is 21.5. The van der Waals surface area contributed by atoms with E-state index in [9.17, 15) is 9.59 Å². The van der Waals surface area contributed by atoms with Crippen molar-refractivity contribution in [3.8, 4) is 0 Å². The van der Waals surface area contributed by atoms with Gasteiger partial charge in [0.05, 0.1) is 6.10 Å². The molecular weight excluding hydrogens is 248 g/mol. The van der Waals surface area contributed by atoms with E-state index in [1.165, 1.54) is 7.11 Å². The van der Waals surface area contributed by atoms with E-state index >= 15 is 0 Å². The van der Waals surface area contributed by atoms with Gasteiger partial charge in [-0.3, -0.25) is 0 Å². The molecule has 1 aromatic carbocycles. The van der Waals surface area contributed by atoms with Gasteiger partial charge in [-0.1, -0.05) is 30.3 Å². The molecule has 3 unspecified atom stereocenters. The quantitative estimate of drug-likeness (QED) is 0.727. The zero-order valence-electron chi connectivity index (χ0n) is 10.7. The van der Waals surface area contributed by atoms with E-state index < -0.39 is 18.2 Å². The highest BCUT2D eigenvalue weighted by Gasteiger charge is 2.49. The lowest BCUT2D eigenvalue weighted by atomic mass is 10.1. The predicted molar refractivity (Wildman–Crippen MR) is 66.2 cm³/mol. The molecule has 1 aliphatic rings. The lowest BCUT2D eigenvalue weighted by Crippen LogP contribution is -2.30. The van der Waals surface area contributed by atoms with Crippen molar-refractivity contribution in [2.75, 3.05) is 7.11 Å². The Balaban J connectivity index is 2.23. The number of methoxy groups -OCH3 is 1. The number of benzene rings is 1. The summed E-state index contributed by atoms with van der Waals surface area (Å²) in [5.74, 6) is -1.37. The summed E-state index contributed by atoms with van der Waals surface area (Å²) in [6.07, 6.45) is 0.986.